The number of rotatable bonds is 9. The molecule has 0 radical (unpaired) electrons. The lowest BCUT2D eigenvalue weighted by molar-refractivity contribution is -0.127. The van der Waals surface area contributed by atoms with Gasteiger partial charge in [-0.05, 0) is 57.5 Å². The molecule has 2 aliphatic heterocycles. The largest absolute Gasteiger partial charge is 0.357 e. The SMILES string of the molecule is CCNC(=NCC(C(C)C)N1CCC(C)CC1)NCCCN1CCCC1=O. The van der Waals surface area contributed by atoms with Crippen LogP contribution in [-0.4, -0.2) is 73.5 Å². The van der Waals surface area contributed by atoms with Crippen molar-refractivity contribution in [2.24, 2.45) is 16.8 Å². The molecule has 6 nitrogen and oxygen atoms in total. The summed E-state index contributed by atoms with van der Waals surface area (Å²) in [7, 11) is 0. The molecule has 0 aromatic carbocycles. The summed E-state index contributed by atoms with van der Waals surface area (Å²) < 4.78 is 0. The van der Waals surface area contributed by atoms with E-state index in [0.29, 0.717) is 17.9 Å². The number of carbonyl (C=O) groups excluding carboxylic acids is 1. The summed E-state index contributed by atoms with van der Waals surface area (Å²) in [5, 5.41) is 6.81. The third kappa shape index (κ3) is 7.32. The predicted octanol–water partition coefficient (Wildman–Crippen LogP) is 2.31. The monoisotopic (exact) mass is 379 g/mol. The smallest absolute Gasteiger partial charge is 0.222 e. The van der Waals surface area contributed by atoms with E-state index in [0.717, 1.165) is 63.9 Å². The van der Waals surface area contributed by atoms with Crippen molar-refractivity contribution < 1.29 is 4.79 Å². The van der Waals surface area contributed by atoms with Gasteiger partial charge >= 0.3 is 0 Å². The molecule has 27 heavy (non-hydrogen) atoms. The minimum absolute atomic E-state index is 0.311. The lowest BCUT2D eigenvalue weighted by Gasteiger charge is -2.38. The molecular weight excluding hydrogens is 338 g/mol. The predicted molar refractivity (Wildman–Crippen MR) is 113 cm³/mol. The van der Waals surface area contributed by atoms with Gasteiger partial charge in [-0.3, -0.25) is 14.7 Å². The number of aliphatic imine (C=N–C) groups is 1. The van der Waals surface area contributed by atoms with Crippen LogP contribution in [0.3, 0.4) is 0 Å². The van der Waals surface area contributed by atoms with Gasteiger partial charge in [0.15, 0.2) is 5.96 Å². The molecule has 2 aliphatic rings. The lowest BCUT2D eigenvalue weighted by atomic mass is 9.94. The van der Waals surface area contributed by atoms with Crippen molar-refractivity contribution in [1.82, 2.24) is 20.4 Å². The number of carbonyl (C=O) groups is 1. The Bertz CT molecular complexity index is 471. The highest BCUT2D eigenvalue weighted by Crippen LogP contribution is 2.21. The molecule has 0 aromatic rings. The van der Waals surface area contributed by atoms with Crippen molar-refractivity contribution in [2.75, 3.05) is 45.8 Å². The molecule has 2 rings (SSSR count). The molecule has 0 bridgehead atoms. The van der Waals surface area contributed by atoms with Gasteiger partial charge in [-0.25, -0.2) is 0 Å². The highest BCUT2D eigenvalue weighted by atomic mass is 16.2. The number of nitrogens with one attached hydrogen (secondary N) is 2. The highest BCUT2D eigenvalue weighted by molar-refractivity contribution is 5.79. The number of amides is 1. The number of hydrogen-bond acceptors (Lipinski definition) is 3. The molecule has 0 spiro atoms. The fourth-order valence-electron chi connectivity index (χ4n) is 4.05. The Hall–Kier alpha value is -1.30. The van der Waals surface area contributed by atoms with E-state index in [4.69, 9.17) is 4.99 Å². The molecule has 1 amide bonds. The molecular formula is C21H41N5O. The Morgan fingerprint density at radius 2 is 1.96 bits per heavy atom. The number of likely N-dealkylation sites (tertiary alicyclic amines) is 2. The summed E-state index contributed by atoms with van der Waals surface area (Å²) in [5.41, 5.74) is 0. The van der Waals surface area contributed by atoms with E-state index in [1.165, 1.54) is 25.9 Å². The second-order valence-electron chi connectivity index (χ2n) is 8.51. The Morgan fingerprint density at radius 1 is 1.22 bits per heavy atom. The summed E-state index contributed by atoms with van der Waals surface area (Å²) in [6.45, 7) is 15.8. The minimum Gasteiger partial charge on any atom is -0.357 e. The van der Waals surface area contributed by atoms with Gasteiger partial charge in [0.05, 0.1) is 6.54 Å². The summed E-state index contributed by atoms with van der Waals surface area (Å²) in [6, 6.07) is 0.509. The van der Waals surface area contributed by atoms with Crippen LogP contribution in [0.25, 0.3) is 0 Å². The van der Waals surface area contributed by atoms with Crippen molar-refractivity contribution in [1.29, 1.82) is 0 Å². The van der Waals surface area contributed by atoms with Crippen LogP contribution in [0.4, 0.5) is 0 Å². The van der Waals surface area contributed by atoms with Crippen LogP contribution < -0.4 is 10.6 Å². The molecule has 2 fully saturated rings. The van der Waals surface area contributed by atoms with E-state index >= 15 is 0 Å². The van der Waals surface area contributed by atoms with Gasteiger partial charge in [-0.1, -0.05) is 20.8 Å². The van der Waals surface area contributed by atoms with E-state index in [2.05, 4.69) is 43.2 Å². The van der Waals surface area contributed by atoms with Crippen LogP contribution in [0, 0.1) is 11.8 Å². The first kappa shape index (κ1) is 22.0. The second kappa shape index (κ2) is 11.5. The highest BCUT2D eigenvalue weighted by Gasteiger charge is 2.25. The Kier molecular flexibility index (Phi) is 9.39. The number of hydrogen-bond donors (Lipinski definition) is 2. The lowest BCUT2D eigenvalue weighted by Crippen LogP contribution is -2.46. The molecule has 1 unspecified atom stereocenters. The number of piperidine rings is 1. The zero-order valence-electron chi connectivity index (χ0n) is 18.0. The number of nitrogens with zero attached hydrogens (tertiary/aromatic N) is 3. The Labute approximate surface area is 166 Å². The maximum absolute atomic E-state index is 11.7. The molecule has 156 valence electrons. The van der Waals surface area contributed by atoms with Gasteiger partial charge in [0, 0.05) is 38.6 Å². The summed E-state index contributed by atoms with van der Waals surface area (Å²) in [6.07, 6.45) is 5.32. The molecule has 2 N–H and O–H groups in total. The maximum atomic E-state index is 11.7. The van der Waals surface area contributed by atoms with Crippen molar-refractivity contribution in [3.05, 3.63) is 0 Å². The number of guanidine groups is 1. The zero-order chi connectivity index (χ0) is 19.6. The molecule has 6 heteroatoms. The van der Waals surface area contributed by atoms with Crippen molar-refractivity contribution in [3.63, 3.8) is 0 Å². The van der Waals surface area contributed by atoms with E-state index in [1.54, 1.807) is 0 Å². The van der Waals surface area contributed by atoms with Crippen LogP contribution in [0.1, 0.15) is 59.8 Å². The third-order valence-corrected chi connectivity index (χ3v) is 5.91. The minimum atomic E-state index is 0.311. The summed E-state index contributed by atoms with van der Waals surface area (Å²) in [5.74, 6) is 2.68. The van der Waals surface area contributed by atoms with E-state index < -0.39 is 0 Å². The fraction of sp³-hybridized carbons (Fsp3) is 0.905. The molecule has 0 saturated carbocycles. The summed E-state index contributed by atoms with van der Waals surface area (Å²) in [4.78, 5) is 21.2. The maximum Gasteiger partial charge on any atom is 0.222 e. The Morgan fingerprint density at radius 3 is 2.56 bits per heavy atom. The third-order valence-electron chi connectivity index (χ3n) is 5.91. The second-order valence-corrected chi connectivity index (χ2v) is 8.51. The van der Waals surface area contributed by atoms with E-state index in [9.17, 15) is 4.79 Å². The molecule has 2 saturated heterocycles. The molecule has 2 heterocycles. The molecule has 0 aromatic heterocycles. The molecule has 1 atom stereocenters. The van der Waals surface area contributed by atoms with Crippen LogP contribution in [0.2, 0.25) is 0 Å². The fourth-order valence-corrected chi connectivity index (χ4v) is 4.05. The van der Waals surface area contributed by atoms with Gasteiger partial charge in [-0.2, -0.15) is 0 Å². The van der Waals surface area contributed by atoms with Crippen LogP contribution in [0.15, 0.2) is 4.99 Å². The topological polar surface area (TPSA) is 60.0 Å². The average Bonchev–Trinajstić information content (AvgIpc) is 3.05. The first-order valence-corrected chi connectivity index (χ1v) is 11.0. The van der Waals surface area contributed by atoms with Gasteiger partial charge in [0.1, 0.15) is 0 Å². The normalized spacial score (nSPS) is 21.1. The van der Waals surface area contributed by atoms with Gasteiger partial charge < -0.3 is 15.5 Å². The van der Waals surface area contributed by atoms with Crippen molar-refractivity contribution in [3.8, 4) is 0 Å². The average molecular weight is 380 g/mol. The molecule has 0 aliphatic carbocycles. The van der Waals surface area contributed by atoms with Gasteiger partial charge in [-0.15, -0.1) is 0 Å². The van der Waals surface area contributed by atoms with Crippen LogP contribution in [0.5, 0.6) is 0 Å². The van der Waals surface area contributed by atoms with Crippen LogP contribution >= 0.6 is 0 Å². The quantitative estimate of drug-likeness (QED) is 0.367. The van der Waals surface area contributed by atoms with E-state index in [1.807, 2.05) is 4.90 Å². The summed E-state index contributed by atoms with van der Waals surface area (Å²) >= 11 is 0. The first-order valence-electron chi connectivity index (χ1n) is 11.0. The first-order chi connectivity index (χ1) is 13.0. The Balaban J connectivity index is 1.79. The van der Waals surface area contributed by atoms with E-state index in [-0.39, 0.29) is 0 Å². The van der Waals surface area contributed by atoms with Crippen molar-refractivity contribution >= 4 is 11.9 Å². The van der Waals surface area contributed by atoms with Crippen LogP contribution in [-0.2, 0) is 4.79 Å². The standard InChI is InChI=1S/C21H41N5O/c1-5-22-21(23-11-7-13-26-12-6-8-20(26)27)24-16-19(17(2)3)25-14-9-18(4)10-15-25/h17-19H,5-16H2,1-4H3,(H2,22,23,24). The zero-order valence-corrected chi connectivity index (χ0v) is 18.0. The van der Waals surface area contributed by atoms with Crippen molar-refractivity contribution in [2.45, 2.75) is 65.8 Å². The van der Waals surface area contributed by atoms with Gasteiger partial charge in [0.2, 0.25) is 5.91 Å². The van der Waals surface area contributed by atoms with Gasteiger partial charge in [0.25, 0.3) is 0 Å².